The fraction of sp³-hybridized carbons (Fsp3) is 0.800. The molecule has 0 aliphatic heterocycles. The van der Waals surface area contributed by atoms with Crippen molar-refractivity contribution in [2.45, 2.75) is 13.8 Å². The van der Waals surface area contributed by atoms with Gasteiger partial charge >= 0.3 is 0 Å². The number of nitrogens with zero attached hydrogens (tertiary/aromatic N) is 1. The third-order valence-corrected chi connectivity index (χ3v) is 0.599. The highest BCUT2D eigenvalue weighted by Crippen LogP contribution is 1.85. The van der Waals surface area contributed by atoms with Crippen LogP contribution < -0.4 is 0 Å². The Labute approximate surface area is 54.3 Å². The molecule has 0 aromatic rings. The summed E-state index contributed by atoms with van der Waals surface area (Å²) in [4.78, 5) is 19.3. The summed E-state index contributed by atoms with van der Waals surface area (Å²) < 4.78 is 0. The van der Waals surface area contributed by atoms with Crippen LogP contribution in [0.3, 0.4) is 0 Å². The zero-order chi connectivity index (χ0) is 7.11. The normalized spacial score (nSPS) is 9.11. The summed E-state index contributed by atoms with van der Waals surface area (Å²) >= 11 is 0. The molecule has 0 bridgehead atoms. The van der Waals surface area contributed by atoms with Crippen LogP contribution in [0.25, 0.3) is 0 Å². The van der Waals surface area contributed by atoms with Crippen LogP contribution in [0, 0.1) is 0 Å². The lowest BCUT2D eigenvalue weighted by Gasteiger charge is -2.12. The SMILES string of the molecule is CCON(C=O)OCC. The second kappa shape index (κ2) is 5.53. The second-order valence-corrected chi connectivity index (χ2v) is 1.23. The Morgan fingerprint density at radius 1 is 1.33 bits per heavy atom. The zero-order valence-electron chi connectivity index (χ0n) is 5.66. The molecule has 0 aliphatic rings. The van der Waals surface area contributed by atoms with E-state index in [4.69, 9.17) is 0 Å². The van der Waals surface area contributed by atoms with E-state index in [1.165, 1.54) is 0 Å². The van der Waals surface area contributed by atoms with E-state index in [1.807, 2.05) is 0 Å². The second-order valence-electron chi connectivity index (χ2n) is 1.23. The molecule has 0 fully saturated rings. The number of carbonyl (C=O) groups is 1. The molecule has 0 N–H and O–H groups in total. The van der Waals surface area contributed by atoms with E-state index in [9.17, 15) is 4.79 Å². The predicted molar refractivity (Wildman–Crippen MR) is 31.2 cm³/mol. The molecule has 9 heavy (non-hydrogen) atoms. The average Bonchev–Trinajstić information content (AvgIpc) is 1.88. The van der Waals surface area contributed by atoms with Crippen molar-refractivity contribution in [3.63, 3.8) is 0 Å². The first-order valence-corrected chi connectivity index (χ1v) is 2.85. The van der Waals surface area contributed by atoms with Crippen molar-refractivity contribution in [1.82, 2.24) is 5.23 Å². The van der Waals surface area contributed by atoms with Crippen molar-refractivity contribution in [3.8, 4) is 0 Å². The molecule has 0 unspecified atom stereocenters. The Balaban J connectivity index is 3.29. The van der Waals surface area contributed by atoms with E-state index in [0.29, 0.717) is 19.6 Å². The molecule has 4 nitrogen and oxygen atoms in total. The standard InChI is InChI=1S/C5H11NO3/c1-3-8-6(5-7)9-4-2/h5H,3-4H2,1-2H3. The van der Waals surface area contributed by atoms with Crippen LogP contribution in [0.4, 0.5) is 0 Å². The van der Waals surface area contributed by atoms with E-state index >= 15 is 0 Å². The Hall–Kier alpha value is -0.610. The summed E-state index contributed by atoms with van der Waals surface area (Å²) in [6.07, 6.45) is 0.479. The highest BCUT2D eigenvalue weighted by atomic mass is 16.9. The van der Waals surface area contributed by atoms with Gasteiger partial charge < -0.3 is 0 Å². The minimum Gasteiger partial charge on any atom is -0.274 e. The fourth-order valence-corrected chi connectivity index (χ4v) is 0.353. The van der Waals surface area contributed by atoms with Gasteiger partial charge in [-0.1, -0.05) is 5.23 Å². The third kappa shape index (κ3) is 3.93. The lowest BCUT2D eigenvalue weighted by Crippen LogP contribution is -2.22. The topological polar surface area (TPSA) is 38.8 Å². The van der Waals surface area contributed by atoms with Crippen molar-refractivity contribution in [2.24, 2.45) is 0 Å². The van der Waals surface area contributed by atoms with E-state index in [-0.39, 0.29) is 0 Å². The van der Waals surface area contributed by atoms with E-state index in [2.05, 4.69) is 9.68 Å². The van der Waals surface area contributed by atoms with Crippen LogP contribution in [-0.2, 0) is 14.5 Å². The molecule has 0 aromatic heterocycles. The maximum atomic E-state index is 9.96. The average molecular weight is 133 g/mol. The minimum atomic E-state index is 0.429. The van der Waals surface area contributed by atoms with Gasteiger partial charge in [-0.2, -0.15) is 0 Å². The van der Waals surface area contributed by atoms with Crippen molar-refractivity contribution in [3.05, 3.63) is 0 Å². The third-order valence-electron chi connectivity index (χ3n) is 0.599. The molecule has 0 spiro atoms. The van der Waals surface area contributed by atoms with E-state index < -0.39 is 0 Å². The number of amides is 1. The first-order chi connectivity index (χ1) is 4.35. The van der Waals surface area contributed by atoms with Crippen LogP contribution in [0.1, 0.15) is 13.8 Å². The van der Waals surface area contributed by atoms with Gasteiger partial charge in [-0.15, -0.1) is 0 Å². The monoisotopic (exact) mass is 133 g/mol. The summed E-state index contributed by atoms with van der Waals surface area (Å²) in [5.74, 6) is 0. The van der Waals surface area contributed by atoms with Crippen LogP contribution >= 0.6 is 0 Å². The van der Waals surface area contributed by atoms with E-state index in [0.717, 1.165) is 5.23 Å². The number of hydroxylamine groups is 2. The largest absolute Gasteiger partial charge is 0.274 e. The van der Waals surface area contributed by atoms with Gasteiger partial charge in [0, 0.05) is 0 Å². The van der Waals surface area contributed by atoms with Gasteiger partial charge in [0.25, 0.3) is 6.41 Å². The molecular weight excluding hydrogens is 122 g/mol. The Morgan fingerprint density at radius 3 is 2.00 bits per heavy atom. The van der Waals surface area contributed by atoms with Gasteiger partial charge in [0.05, 0.1) is 13.2 Å². The summed E-state index contributed by atoms with van der Waals surface area (Å²) in [6, 6.07) is 0. The number of carbonyl (C=O) groups excluding carboxylic acids is 1. The first-order valence-electron chi connectivity index (χ1n) is 2.85. The smallest absolute Gasteiger partial charge is 0.261 e. The summed E-state index contributed by atoms with van der Waals surface area (Å²) in [7, 11) is 0. The van der Waals surface area contributed by atoms with Crippen LogP contribution in [0.5, 0.6) is 0 Å². The predicted octanol–water partition coefficient (Wildman–Crippen LogP) is 0.348. The van der Waals surface area contributed by atoms with Crippen molar-refractivity contribution < 1.29 is 14.5 Å². The van der Waals surface area contributed by atoms with Crippen LogP contribution in [0.15, 0.2) is 0 Å². The van der Waals surface area contributed by atoms with Gasteiger partial charge in [0.15, 0.2) is 0 Å². The molecule has 0 aliphatic carbocycles. The number of hydrogen-bond acceptors (Lipinski definition) is 3. The number of hydrogen-bond donors (Lipinski definition) is 0. The molecule has 0 heterocycles. The number of rotatable bonds is 5. The highest BCUT2D eigenvalue weighted by molar-refractivity contribution is 5.43. The maximum Gasteiger partial charge on any atom is 0.261 e. The molecule has 0 atom stereocenters. The quantitative estimate of drug-likeness (QED) is 0.401. The van der Waals surface area contributed by atoms with Gasteiger partial charge in [0.2, 0.25) is 0 Å². The highest BCUT2D eigenvalue weighted by Gasteiger charge is 1.96. The summed E-state index contributed by atoms with van der Waals surface area (Å²) in [6.45, 7) is 4.41. The fourth-order valence-electron chi connectivity index (χ4n) is 0.353. The molecule has 1 amide bonds. The van der Waals surface area contributed by atoms with Crippen LogP contribution in [0.2, 0.25) is 0 Å². The van der Waals surface area contributed by atoms with Crippen molar-refractivity contribution >= 4 is 6.41 Å². The Bertz CT molecular complexity index is 70.6. The molecule has 0 saturated carbocycles. The van der Waals surface area contributed by atoms with Crippen LogP contribution in [-0.4, -0.2) is 24.9 Å². The maximum absolute atomic E-state index is 9.96. The summed E-state index contributed by atoms with van der Waals surface area (Å²) in [5.41, 5.74) is 0. The molecule has 0 radical (unpaired) electrons. The molecule has 0 saturated heterocycles. The van der Waals surface area contributed by atoms with Gasteiger partial charge in [0.1, 0.15) is 0 Å². The van der Waals surface area contributed by atoms with Gasteiger partial charge in [-0.3, -0.25) is 4.79 Å². The molecule has 0 rings (SSSR count). The molecule has 54 valence electrons. The molecule has 0 aromatic carbocycles. The summed E-state index contributed by atoms with van der Waals surface area (Å²) in [5, 5.41) is 0.806. The lowest BCUT2D eigenvalue weighted by atomic mass is 10.9. The molecule has 4 heteroatoms. The lowest BCUT2D eigenvalue weighted by molar-refractivity contribution is -0.329. The first kappa shape index (κ1) is 8.39. The Morgan fingerprint density at radius 2 is 1.78 bits per heavy atom. The van der Waals surface area contributed by atoms with Gasteiger partial charge in [-0.25, -0.2) is 9.68 Å². The Kier molecular flexibility index (Phi) is 5.15. The van der Waals surface area contributed by atoms with E-state index in [1.54, 1.807) is 13.8 Å². The van der Waals surface area contributed by atoms with Crippen molar-refractivity contribution in [2.75, 3.05) is 13.2 Å². The van der Waals surface area contributed by atoms with Crippen molar-refractivity contribution in [1.29, 1.82) is 0 Å². The van der Waals surface area contributed by atoms with Gasteiger partial charge in [-0.05, 0) is 13.8 Å². The molecular formula is C5H11NO3. The zero-order valence-corrected chi connectivity index (χ0v) is 5.66. The minimum absolute atomic E-state index is 0.429.